The Balaban J connectivity index is 0.000000145. The Morgan fingerprint density at radius 3 is 1.15 bits per heavy atom. The minimum atomic E-state index is -3.38. The van der Waals surface area contributed by atoms with Crippen LogP contribution in [0, 0.1) is 43.6 Å². The van der Waals surface area contributed by atoms with E-state index in [-0.39, 0.29) is 118 Å². The Hall–Kier alpha value is -12.8. The number of nitrogens with one attached hydrogen (secondary N) is 9. The molecule has 16 rings (SSSR count). The number of aromatic amines is 4. The molecule has 0 radical (unpaired) electrons. The second-order valence-electron chi connectivity index (χ2n) is 36.2. The molecule has 4 aliphatic carbocycles. The van der Waals surface area contributed by atoms with Crippen LogP contribution in [0.5, 0.6) is 0 Å². The number of benzene rings is 4. The van der Waals surface area contributed by atoms with Crippen molar-refractivity contribution in [3.63, 3.8) is 0 Å². The van der Waals surface area contributed by atoms with Gasteiger partial charge in [-0.05, 0) is 208 Å². The molecule has 4 saturated heterocycles. The van der Waals surface area contributed by atoms with Crippen LogP contribution in [-0.4, -0.2) is 206 Å². The Morgan fingerprint density at radius 1 is 0.457 bits per heavy atom. The maximum absolute atomic E-state index is 12.8. The molecule has 10 amide bonds. The SMILES string of the molecule is C#Cc1cnc(C(=O)Nc2ccc(C3CC(=O)NC(=O)C3)cc2C2=CCC(C)(C)CC2)[nH]1.Cc1cnc(C(=O)Nc2ccc(C3CN(C)C(=O)N(C)C3)cc2C2=CCCCCC2)[nH]1.Cc1cnc(C(=O)Nc2ccc(C3CN(C)S(=O)(=O)N(C)C3)cc2C2=CCCCC2)[nH]1.[C-]#[N+]c1cnc(C(=O)Nc2ccc(C3CN(C)C(=O)N(C)C3)cc2C2=CCC(C)(C)CC2)[nH]1. The molecular formula is C96H116N20O10S. The molecule has 4 aromatic carbocycles. The summed E-state index contributed by atoms with van der Waals surface area (Å²) in [6, 6.07) is 24.3. The number of amides is 10. The number of likely N-dealkylation sites (N-methyl/N-ethyl adjacent to an activating group) is 6. The van der Waals surface area contributed by atoms with E-state index in [1.807, 2.05) is 90.6 Å². The highest BCUT2D eigenvalue weighted by Crippen LogP contribution is 2.45. The zero-order valence-corrected chi connectivity index (χ0v) is 75.4. The first kappa shape index (κ1) is 91.8. The highest BCUT2D eigenvalue weighted by atomic mass is 32.2. The number of aromatic nitrogens is 8. The van der Waals surface area contributed by atoms with E-state index in [0.29, 0.717) is 56.5 Å². The van der Waals surface area contributed by atoms with Crippen molar-refractivity contribution in [2.75, 3.05) is 103 Å². The van der Waals surface area contributed by atoms with Gasteiger partial charge in [0.15, 0.2) is 17.5 Å². The number of hydrogen-bond acceptors (Lipinski definition) is 14. The van der Waals surface area contributed by atoms with Gasteiger partial charge in [-0.25, -0.2) is 29.5 Å². The van der Waals surface area contributed by atoms with Gasteiger partial charge in [0.25, 0.3) is 33.8 Å². The topological polar surface area (TPSA) is 369 Å². The first-order valence-corrected chi connectivity index (χ1v) is 45.0. The van der Waals surface area contributed by atoms with Crippen LogP contribution in [0.3, 0.4) is 0 Å². The van der Waals surface area contributed by atoms with Gasteiger partial charge >= 0.3 is 18.0 Å². The molecule has 666 valence electrons. The zero-order valence-electron chi connectivity index (χ0n) is 74.6. The third-order valence-corrected chi connectivity index (χ3v) is 26.9. The lowest BCUT2D eigenvalue weighted by atomic mass is 9.76. The summed E-state index contributed by atoms with van der Waals surface area (Å²) in [6.07, 6.45) is 36.8. The van der Waals surface area contributed by atoms with Gasteiger partial charge in [-0.3, -0.25) is 39.1 Å². The lowest BCUT2D eigenvalue weighted by Gasteiger charge is -2.37. The van der Waals surface area contributed by atoms with E-state index in [4.69, 9.17) is 13.0 Å². The summed E-state index contributed by atoms with van der Waals surface area (Å²) in [5.41, 5.74) is 18.8. The van der Waals surface area contributed by atoms with E-state index < -0.39 is 10.2 Å². The summed E-state index contributed by atoms with van der Waals surface area (Å²) in [5, 5.41) is 14.4. The molecule has 9 N–H and O–H groups in total. The predicted molar refractivity (Wildman–Crippen MR) is 493 cm³/mol. The van der Waals surface area contributed by atoms with Gasteiger partial charge in [0.2, 0.25) is 17.6 Å². The number of carbonyl (C=O) groups is 8. The maximum atomic E-state index is 12.8. The van der Waals surface area contributed by atoms with Gasteiger partial charge in [0.05, 0.1) is 12.4 Å². The molecule has 0 spiro atoms. The van der Waals surface area contributed by atoms with Crippen LogP contribution in [0.15, 0.2) is 122 Å². The predicted octanol–water partition coefficient (Wildman–Crippen LogP) is 16.2. The molecule has 31 heteroatoms. The largest absolute Gasteiger partial charge is 0.363 e. The van der Waals surface area contributed by atoms with Crippen LogP contribution in [0.1, 0.15) is 265 Å². The van der Waals surface area contributed by atoms with Crippen molar-refractivity contribution in [3.8, 4) is 12.3 Å². The van der Waals surface area contributed by atoms with Crippen molar-refractivity contribution in [3.05, 3.63) is 218 Å². The number of imidazole rings is 4. The Morgan fingerprint density at radius 2 is 0.803 bits per heavy atom. The van der Waals surface area contributed by atoms with Gasteiger partial charge in [-0.1, -0.05) is 95.2 Å². The fourth-order valence-corrected chi connectivity index (χ4v) is 18.8. The smallest absolute Gasteiger partial charge is 0.319 e. The lowest BCUT2D eigenvalue weighted by molar-refractivity contribution is -0.133. The number of hydrogen-bond donors (Lipinski definition) is 9. The van der Waals surface area contributed by atoms with Crippen molar-refractivity contribution < 1.29 is 46.8 Å². The molecule has 4 aliphatic heterocycles. The Labute approximate surface area is 743 Å². The lowest BCUT2D eigenvalue weighted by Crippen LogP contribution is -2.49. The number of allylic oxidation sites excluding steroid dienone is 8. The van der Waals surface area contributed by atoms with Crippen LogP contribution in [0.4, 0.5) is 38.2 Å². The quantitative estimate of drug-likeness (QED) is 0.0247. The molecule has 0 bridgehead atoms. The van der Waals surface area contributed by atoms with Crippen molar-refractivity contribution in [1.82, 2.24) is 73.4 Å². The molecule has 4 aromatic heterocycles. The molecule has 127 heavy (non-hydrogen) atoms. The van der Waals surface area contributed by atoms with Crippen molar-refractivity contribution in [2.24, 2.45) is 10.8 Å². The number of imide groups is 1. The molecular weight excluding hydrogens is 1630 g/mol. The number of carbonyl (C=O) groups excluding carboxylic acids is 8. The second-order valence-corrected chi connectivity index (χ2v) is 38.3. The number of terminal acetylenes is 1. The molecule has 8 aliphatic rings. The van der Waals surface area contributed by atoms with Crippen molar-refractivity contribution in [1.29, 1.82) is 0 Å². The van der Waals surface area contributed by atoms with Gasteiger partial charge in [-0.2, -0.15) is 17.0 Å². The Bertz CT molecular complexity index is 5800. The number of nitrogens with zero attached hydrogens (tertiary/aromatic N) is 11. The standard InChI is InChI=1S/C25H30N6O2.C25H26N4O3.C24H31N5O2.C22H29N5O3S/c1-25(2)10-8-16(9-11-25)19-12-17(18-14-30(4)24(33)31(5)15-18)6-7-20(19)28-23(32)22-27-13-21(26-3)29-22;1-4-18-14-26-23(27-18)24(32)28-20-6-5-16(17-12-21(30)29-22(31)13-17)11-19(20)15-7-9-25(2,3)10-8-15;1-16-13-25-22(26-16)23(30)27-21-11-10-18(19-14-28(2)24(31)29(3)15-19)12-20(21)17-8-6-4-5-7-9-17;1-15-12-23-21(24-15)22(28)25-20-10-9-17(11-19(20)16-7-5-4-6-8-16)18-13-26(2)31(29,30)27(3)14-18/h6-8,12-13,18H,9-11,14-15H2,1-2,4-5H3,(H,27,29)(H,28,32);1,5-7,11,14,17H,8-10,12-13H2,2-3H3,(H,26,27)(H,28,32)(H,29,30,31);8,10-13,19H,4-7,9,14-15H2,1-3H3,(H,25,26)(H,27,30);7,9-12,18H,4-6,8,13-14H2,1-3H3,(H,23,24)(H,25,28). The summed E-state index contributed by atoms with van der Waals surface area (Å²) in [4.78, 5) is 137. The van der Waals surface area contributed by atoms with Gasteiger partial charge < -0.3 is 60.7 Å². The number of piperidine rings is 1. The van der Waals surface area contributed by atoms with Crippen LogP contribution >= 0.6 is 0 Å². The van der Waals surface area contributed by atoms with Gasteiger partial charge in [-0.15, -0.1) is 6.42 Å². The number of rotatable bonds is 16. The van der Waals surface area contributed by atoms with Crippen LogP contribution in [0.25, 0.3) is 27.1 Å². The van der Waals surface area contributed by atoms with Gasteiger partial charge in [0, 0.05) is 187 Å². The minimum absolute atomic E-state index is 0.0322. The number of urea groups is 2. The summed E-state index contributed by atoms with van der Waals surface area (Å²) in [5.74, 6) is 2.01. The van der Waals surface area contributed by atoms with Crippen molar-refractivity contribution in [2.45, 2.75) is 174 Å². The summed E-state index contributed by atoms with van der Waals surface area (Å²) in [6.45, 7) is 23.4. The first-order chi connectivity index (χ1) is 60.6. The normalized spacial score (nSPS) is 18.9. The summed E-state index contributed by atoms with van der Waals surface area (Å²) < 4.78 is 27.4. The molecule has 4 fully saturated rings. The fourth-order valence-electron chi connectivity index (χ4n) is 17.6. The molecule has 0 saturated carbocycles. The average molecular weight is 1740 g/mol. The van der Waals surface area contributed by atoms with E-state index in [2.05, 4.69) is 153 Å². The second kappa shape index (κ2) is 39.8. The first-order valence-electron chi connectivity index (χ1n) is 43.6. The average Bonchev–Trinajstić information content (AvgIpc) is 1.60. The van der Waals surface area contributed by atoms with Crippen LogP contribution < -0.4 is 26.6 Å². The molecule has 0 atom stereocenters. The van der Waals surface area contributed by atoms with Gasteiger partial charge in [0.1, 0.15) is 5.69 Å². The van der Waals surface area contributed by atoms with Crippen molar-refractivity contribution >= 4 is 109 Å². The molecule has 8 heterocycles. The molecule has 30 nitrogen and oxygen atoms in total. The number of H-pyrrole nitrogens is 4. The monoisotopic (exact) mass is 1740 g/mol. The van der Waals surface area contributed by atoms with Crippen LogP contribution in [-0.2, 0) is 19.8 Å². The third-order valence-electron chi connectivity index (χ3n) is 25.1. The summed E-state index contributed by atoms with van der Waals surface area (Å²) >= 11 is 0. The Kier molecular flexibility index (Phi) is 28.8. The maximum Gasteiger partial charge on any atom is 0.319 e. The third kappa shape index (κ3) is 22.7. The highest BCUT2D eigenvalue weighted by Gasteiger charge is 2.37. The van der Waals surface area contributed by atoms with E-state index in [9.17, 15) is 46.8 Å². The highest BCUT2D eigenvalue weighted by molar-refractivity contribution is 7.86. The van der Waals surface area contributed by atoms with E-state index in [0.717, 1.165) is 150 Å². The van der Waals surface area contributed by atoms with Crippen LogP contribution in [0.2, 0.25) is 0 Å². The summed E-state index contributed by atoms with van der Waals surface area (Å²) in [7, 11) is 7.20. The number of aryl methyl sites for hydroxylation is 2. The molecule has 8 aromatic rings. The minimum Gasteiger partial charge on any atom is -0.363 e. The number of anilines is 4. The molecule has 0 unspecified atom stereocenters. The van der Waals surface area contributed by atoms with E-state index in [1.165, 1.54) is 62.5 Å². The zero-order chi connectivity index (χ0) is 90.8. The van der Waals surface area contributed by atoms with E-state index >= 15 is 0 Å². The van der Waals surface area contributed by atoms with E-state index in [1.54, 1.807) is 46.1 Å². The fraction of sp³-hybridized carbons (Fsp3) is 0.427.